The Morgan fingerprint density at radius 1 is 0.743 bits per heavy atom. The Morgan fingerprint density at radius 3 is 1.57 bits per heavy atom. The Morgan fingerprint density at radius 2 is 1.26 bits per heavy atom. The summed E-state index contributed by atoms with van der Waals surface area (Å²) in [4.78, 5) is 13.5. The van der Waals surface area contributed by atoms with Crippen LogP contribution in [0.5, 0.6) is 0 Å². The van der Waals surface area contributed by atoms with Gasteiger partial charge < -0.3 is 20.3 Å². The first-order chi connectivity index (χ1) is 15.8. The molecular formula is C30H55N3O2. The van der Waals surface area contributed by atoms with Gasteiger partial charge in [0.1, 0.15) is 5.60 Å². The van der Waals surface area contributed by atoms with E-state index in [0.29, 0.717) is 23.9 Å². The molecule has 0 saturated carbocycles. The smallest absolute Gasteiger partial charge is 0.410 e. The van der Waals surface area contributed by atoms with Crippen LogP contribution in [0.1, 0.15) is 89.5 Å². The molecule has 35 heavy (non-hydrogen) atoms. The van der Waals surface area contributed by atoms with Gasteiger partial charge >= 0.3 is 6.09 Å². The van der Waals surface area contributed by atoms with Crippen molar-refractivity contribution in [3.63, 3.8) is 0 Å². The average molecular weight is 490 g/mol. The van der Waals surface area contributed by atoms with E-state index in [-0.39, 0.29) is 11.5 Å². The lowest BCUT2D eigenvalue weighted by molar-refractivity contribution is 0.0298. The monoisotopic (exact) mass is 489 g/mol. The first-order valence-corrected chi connectivity index (χ1v) is 13.3. The zero-order valence-electron chi connectivity index (χ0n) is 24.9. The lowest BCUT2D eigenvalue weighted by Crippen LogP contribution is -2.36. The number of nitrogens with zero attached hydrogens (tertiary/aromatic N) is 1. The molecule has 0 fully saturated rings. The number of ether oxygens (including phenoxy) is 1. The largest absolute Gasteiger partial charge is 0.444 e. The van der Waals surface area contributed by atoms with Gasteiger partial charge in [0.25, 0.3) is 0 Å². The van der Waals surface area contributed by atoms with E-state index < -0.39 is 5.60 Å². The summed E-state index contributed by atoms with van der Waals surface area (Å²) in [5.41, 5.74) is 4.87. The third-order valence-electron chi connectivity index (χ3n) is 6.30. The molecule has 2 N–H and O–H groups in total. The van der Waals surface area contributed by atoms with E-state index in [4.69, 9.17) is 4.74 Å². The van der Waals surface area contributed by atoms with Crippen LogP contribution in [-0.4, -0.2) is 55.9 Å². The second-order valence-electron chi connectivity index (χ2n) is 13.9. The minimum atomic E-state index is -0.415. The van der Waals surface area contributed by atoms with E-state index in [1.54, 1.807) is 16.0 Å². The summed E-state index contributed by atoms with van der Waals surface area (Å²) >= 11 is 0. The fourth-order valence-electron chi connectivity index (χ4n) is 3.82. The second-order valence-corrected chi connectivity index (χ2v) is 13.9. The third kappa shape index (κ3) is 12.3. The number of carbonyl (C=O) groups excluding carboxylic acids is 1. The van der Waals surface area contributed by atoms with Crippen LogP contribution in [0, 0.1) is 16.2 Å². The first kappa shape index (κ1) is 31.4. The minimum absolute atomic E-state index is 0.136. The zero-order valence-corrected chi connectivity index (χ0v) is 24.9. The lowest BCUT2D eigenvalue weighted by atomic mass is 9.85. The van der Waals surface area contributed by atoms with Crippen LogP contribution in [0.2, 0.25) is 0 Å². The van der Waals surface area contributed by atoms with Crippen molar-refractivity contribution in [1.82, 2.24) is 15.5 Å². The third-order valence-corrected chi connectivity index (χ3v) is 6.30. The molecule has 3 rings (SSSR count). The van der Waals surface area contributed by atoms with Crippen LogP contribution in [0.25, 0.3) is 0 Å². The molecule has 5 nitrogen and oxygen atoms in total. The molecule has 3 heterocycles. The van der Waals surface area contributed by atoms with Gasteiger partial charge in [0.05, 0.1) is 0 Å². The number of nitrogens with one attached hydrogen (secondary N) is 2. The standard InChI is InChI=1S/C13H23NO2.C9H17N.C8H15N/c1-12(2,3)10-7-8-14(9-10)11(15)16-13(4,5)6;1-9(2,3)8-5-4-6-10-7-8;1-8(2,3)7-4-5-9-6-7/h7H,8-9H2,1-6H3;5,10H,4,6-7H2,1-3H3;4,9H,5-6H2,1-3H3. The molecule has 0 saturated heterocycles. The fourth-order valence-corrected chi connectivity index (χ4v) is 3.82. The Hall–Kier alpha value is -1.59. The molecule has 0 bridgehead atoms. The first-order valence-electron chi connectivity index (χ1n) is 13.3. The Labute approximate surface area is 216 Å². The molecule has 3 aliphatic heterocycles. The normalized spacial score (nSPS) is 19.0. The van der Waals surface area contributed by atoms with E-state index in [9.17, 15) is 4.79 Å². The van der Waals surface area contributed by atoms with Crippen LogP contribution >= 0.6 is 0 Å². The van der Waals surface area contributed by atoms with Crippen molar-refractivity contribution in [2.24, 2.45) is 16.2 Å². The molecule has 0 aliphatic carbocycles. The van der Waals surface area contributed by atoms with Crippen LogP contribution in [0.4, 0.5) is 4.79 Å². The number of hydrogen-bond acceptors (Lipinski definition) is 4. The van der Waals surface area contributed by atoms with Gasteiger partial charge in [0, 0.05) is 32.7 Å². The quantitative estimate of drug-likeness (QED) is 0.371. The number of rotatable bonds is 0. The predicted octanol–water partition coefficient (Wildman–Crippen LogP) is 6.72. The van der Waals surface area contributed by atoms with Gasteiger partial charge in [0.2, 0.25) is 0 Å². The minimum Gasteiger partial charge on any atom is -0.444 e. The highest BCUT2D eigenvalue weighted by Crippen LogP contribution is 2.30. The Kier molecular flexibility index (Phi) is 11.3. The van der Waals surface area contributed by atoms with Crippen LogP contribution in [0.15, 0.2) is 34.9 Å². The van der Waals surface area contributed by atoms with Gasteiger partial charge in [-0.15, -0.1) is 0 Å². The maximum atomic E-state index is 11.8. The van der Waals surface area contributed by atoms with E-state index >= 15 is 0 Å². The molecule has 202 valence electrons. The van der Waals surface area contributed by atoms with Crippen molar-refractivity contribution in [1.29, 1.82) is 0 Å². The van der Waals surface area contributed by atoms with Gasteiger partial charge in [-0.2, -0.15) is 0 Å². The summed E-state index contributed by atoms with van der Waals surface area (Å²) in [6.07, 6.45) is 7.77. The van der Waals surface area contributed by atoms with Crippen molar-refractivity contribution < 1.29 is 9.53 Å². The molecule has 0 radical (unpaired) electrons. The van der Waals surface area contributed by atoms with Crippen molar-refractivity contribution in [3.8, 4) is 0 Å². The van der Waals surface area contributed by atoms with Gasteiger partial charge in [-0.1, -0.05) is 91.7 Å². The Bertz CT molecular complexity index is 778. The van der Waals surface area contributed by atoms with E-state index in [1.165, 1.54) is 12.0 Å². The van der Waals surface area contributed by atoms with Crippen LogP contribution < -0.4 is 10.6 Å². The molecule has 0 spiro atoms. The highest BCUT2D eigenvalue weighted by atomic mass is 16.6. The van der Waals surface area contributed by atoms with Gasteiger partial charge in [-0.3, -0.25) is 0 Å². The molecule has 0 atom stereocenters. The van der Waals surface area contributed by atoms with Crippen molar-refractivity contribution in [3.05, 3.63) is 34.9 Å². The summed E-state index contributed by atoms with van der Waals surface area (Å²) in [5, 5.41) is 6.66. The van der Waals surface area contributed by atoms with Crippen molar-refractivity contribution in [2.75, 3.05) is 39.3 Å². The molecule has 0 aromatic heterocycles. The highest BCUT2D eigenvalue weighted by molar-refractivity contribution is 5.69. The maximum Gasteiger partial charge on any atom is 0.410 e. The molecule has 3 aliphatic rings. The van der Waals surface area contributed by atoms with Crippen LogP contribution in [0.3, 0.4) is 0 Å². The predicted molar refractivity (Wildman–Crippen MR) is 151 cm³/mol. The van der Waals surface area contributed by atoms with E-state index in [0.717, 1.165) is 26.2 Å². The summed E-state index contributed by atoms with van der Waals surface area (Å²) in [7, 11) is 0. The van der Waals surface area contributed by atoms with E-state index in [2.05, 4.69) is 91.2 Å². The van der Waals surface area contributed by atoms with Gasteiger partial charge in [0.15, 0.2) is 0 Å². The molecule has 1 amide bonds. The topological polar surface area (TPSA) is 53.6 Å². The SMILES string of the molecule is CC(C)(C)C1=CCCNC1.CC(C)(C)C1=CCNC1.CC(C)(C)OC(=O)N1CC=C(C(C)(C)C)C1. The summed E-state index contributed by atoms with van der Waals surface area (Å²) < 4.78 is 5.34. The van der Waals surface area contributed by atoms with E-state index in [1.807, 2.05) is 20.8 Å². The number of hydrogen-bond donors (Lipinski definition) is 2. The zero-order chi connectivity index (χ0) is 27.1. The van der Waals surface area contributed by atoms with Crippen molar-refractivity contribution in [2.45, 2.75) is 95.1 Å². The van der Waals surface area contributed by atoms with Gasteiger partial charge in [-0.25, -0.2) is 4.79 Å². The summed E-state index contributed by atoms with van der Waals surface area (Å²) in [5.74, 6) is 0. The molecule has 5 heteroatoms. The molecule has 0 unspecified atom stereocenters. The second kappa shape index (κ2) is 12.6. The number of carbonyl (C=O) groups is 1. The summed E-state index contributed by atoms with van der Waals surface area (Å²) in [6.45, 7) is 31.5. The average Bonchev–Trinajstić information content (AvgIpc) is 3.39. The summed E-state index contributed by atoms with van der Waals surface area (Å²) in [6, 6.07) is 0. The fraction of sp³-hybridized carbons (Fsp3) is 0.767. The van der Waals surface area contributed by atoms with Gasteiger partial charge in [-0.05, 0) is 55.6 Å². The van der Waals surface area contributed by atoms with Crippen LogP contribution in [-0.2, 0) is 4.74 Å². The lowest BCUT2D eigenvalue weighted by Gasteiger charge is -2.26. The molecular weight excluding hydrogens is 434 g/mol. The highest BCUT2D eigenvalue weighted by Gasteiger charge is 2.29. The molecule has 0 aromatic carbocycles. The number of amides is 1. The van der Waals surface area contributed by atoms with Crippen molar-refractivity contribution >= 4 is 6.09 Å². The Balaban J connectivity index is 0.000000278. The maximum absolute atomic E-state index is 11.8. The molecule has 0 aromatic rings.